The molecule has 1 N–H and O–H groups in total. The van der Waals surface area contributed by atoms with Crippen LogP contribution in [-0.4, -0.2) is 29.7 Å². The van der Waals surface area contributed by atoms with Crippen LogP contribution in [0.25, 0.3) is 0 Å². The summed E-state index contributed by atoms with van der Waals surface area (Å²) in [5, 5.41) is 8.78. The lowest BCUT2D eigenvalue weighted by Gasteiger charge is -2.01. The summed E-state index contributed by atoms with van der Waals surface area (Å²) in [6.07, 6.45) is 2.52. The molecule has 0 aromatic rings. The SMILES string of the molecule is O=CC1(O)C=NC=N1. The highest BCUT2D eigenvalue weighted by Gasteiger charge is 2.23. The predicted octanol–water partition coefficient (Wildman–Crippen LogP) is -1.01. The van der Waals surface area contributed by atoms with Crippen molar-refractivity contribution in [2.24, 2.45) is 9.98 Å². The van der Waals surface area contributed by atoms with Crippen LogP contribution < -0.4 is 0 Å². The summed E-state index contributed by atoms with van der Waals surface area (Å²) >= 11 is 0. The van der Waals surface area contributed by atoms with Gasteiger partial charge >= 0.3 is 0 Å². The summed E-state index contributed by atoms with van der Waals surface area (Å²) in [6.45, 7) is 0. The van der Waals surface area contributed by atoms with E-state index in [1.165, 1.54) is 0 Å². The summed E-state index contributed by atoms with van der Waals surface area (Å²) in [7, 11) is 0. The Kier molecular flexibility index (Phi) is 0.948. The van der Waals surface area contributed by atoms with Gasteiger partial charge in [0.1, 0.15) is 6.34 Å². The molecule has 1 aliphatic heterocycles. The van der Waals surface area contributed by atoms with Gasteiger partial charge < -0.3 is 5.11 Å². The molecule has 0 amide bonds. The molecule has 0 bridgehead atoms. The zero-order valence-corrected chi connectivity index (χ0v) is 3.98. The van der Waals surface area contributed by atoms with Gasteiger partial charge in [0, 0.05) is 0 Å². The lowest BCUT2D eigenvalue weighted by atomic mass is 10.3. The molecular weight excluding hydrogens is 108 g/mol. The van der Waals surface area contributed by atoms with Gasteiger partial charge in [0.2, 0.25) is 0 Å². The van der Waals surface area contributed by atoms with Gasteiger partial charge in [-0.2, -0.15) is 0 Å². The molecule has 4 heteroatoms. The second-order valence-corrected chi connectivity index (χ2v) is 1.42. The first-order valence-electron chi connectivity index (χ1n) is 2.03. The van der Waals surface area contributed by atoms with Crippen LogP contribution in [0.15, 0.2) is 9.98 Å². The van der Waals surface area contributed by atoms with Gasteiger partial charge in [0.15, 0.2) is 6.29 Å². The van der Waals surface area contributed by atoms with E-state index in [9.17, 15) is 4.79 Å². The van der Waals surface area contributed by atoms with E-state index in [4.69, 9.17) is 5.11 Å². The quantitative estimate of drug-likeness (QED) is 0.441. The Balaban J connectivity index is 2.83. The molecule has 1 heterocycles. The van der Waals surface area contributed by atoms with E-state index >= 15 is 0 Å². The number of hydrogen-bond acceptors (Lipinski definition) is 4. The molecule has 4 nitrogen and oxygen atoms in total. The minimum absolute atomic E-state index is 0.319. The number of carbonyl (C=O) groups excluding carboxylic acids is 1. The van der Waals surface area contributed by atoms with Crippen LogP contribution in [0.5, 0.6) is 0 Å². The number of nitrogens with zero attached hydrogens (tertiary/aromatic N) is 2. The van der Waals surface area contributed by atoms with Crippen LogP contribution in [0.4, 0.5) is 0 Å². The number of aliphatic hydroxyl groups is 1. The Morgan fingerprint density at radius 2 is 2.50 bits per heavy atom. The van der Waals surface area contributed by atoms with Crippen LogP contribution in [0.2, 0.25) is 0 Å². The Bertz CT molecular complexity index is 149. The van der Waals surface area contributed by atoms with Crippen LogP contribution in [0.1, 0.15) is 0 Å². The molecule has 0 fully saturated rings. The summed E-state index contributed by atoms with van der Waals surface area (Å²) in [5.74, 6) is 0. The third-order valence-electron chi connectivity index (χ3n) is 0.769. The van der Waals surface area contributed by atoms with Crippen molar-refractivity contribution in [3.8, 4) is 0 Å². The molecule has 1 aliphatic rings. The molecule has 1 unspecified atom stereocenters. The van der Waals surface area contributed by atoms with Crippen molar-refractivity contribution in [2.45, 2.75) is 5.72 Å². The summed E-state index contributed by atoms with van der Waals surface area (Å²) < 4.78 is 0. The van der Waals surface area contributed by atoms with Gasteiger partial charge in [0.25, 0.3) is 5.72 Å². The van der Waals surface area contributed by atoms with Gasteiger partial charge in [-0.15, -0.1) is 0 Å². The van der Waals surface area contributed by atoms with Crippen molar-refractivity contribution >= 4 is 18.8 Å². The van der Waals surface area contributed by atoms with Crippen molar-refractivity contribution in [1.29, 1.82) is 0 Å². The van der Waals surface area contributed by atoms with Gasteiger partial charge in [-0.05, 0) is 0 Å². The third-order valence-corrected chi connectivity index (χ3v) is 0.769. The van der Waals surface area contributed by atoms with Crippen molar-refractivity contribution in [1.82, 2.24) is 0 Å². The number of carbonyl (C=O) groups is 1. The first kappa shape index (κ1) is 5.11. The van der Waals surface area contributed by atoms with Crippen LogP contribution >= 0.6 is 0 Å². The maximum Gasteiger partial charge on any atom is 0.251 e. The molecule has 0 aromatic carbocycles. The Morgan fingerprint density at radius 1 is 1.75 bits per heavy atom. The fraction of sp³-hybridized carbons (Fsp3) is 0.250. The molecule has 0 aliphatic carbocycles. The van der Waals surface area contributed by atoms with E-state index in [2.05, 4.69) is 9.98 Å². The molecule has 0 aromatic heterocycles. The smallest absolute Gasteiger partial charge is 0.251 e. The largest absolute Gasteiger partial charge is 0.359 e. The van der Waals surface area contributed by atoms with Crippen molar-refractivity contribution in [3.05, 3.63) is 0 Å². The topological polar surface area (TPSA) is 62.0 Å². The number of aldehydes is 1. The summed E-state index contributed by atoms with van der Waals surface area (Å²) in [6, 6.07) is 0. The van der Waals surface area contributed by atoms with Crippen molar-refractivity contribution in [2.75, 3.05) is 0 Å². The zero-order chi connectivity index (χ0) is 6.04. The fourth-order valence-electron chi connectivity index (χ4n) is 0.363. The standard InChI is InChI=1S/C4H4N2O2/c7-2-4(8)1-5-3-6-4/h1-3,8H. The Labute approximate surface area is 45.6 Å². The Hall–Kier alpha value is -1.03. The maximum atomic E-state index is 9.87. The predicted molar refractivity (Wildman–Crippen MR) is 28.0 cm³/mol. The number of hydrogen-bond donors (Lipinski definition) is 1. The van der Waals surface area contributed by atoms with Gasteiger partial charge in [-0.25, -0.2) is 9.98 Å². The highest BCUT2D eigenvalue weighted by Crippen LogP contribution is 2.01. The minimum Gasteiger partial charge on any atom is -0.359 e. The molecule has 1 atom stereocenters. The van der Waals surface area contributed by atoms with E-state index in [1.807, 2.05) is 0 Å². The first-order valence-corrected chi connectivity index (χ1v) is 2.03. The molecular formula is C4H4N2O2. The first-order chi connectivity index (χ1) is 3.77. The average Bonchev–Trinajstić information content (AvgIpc) is 2.17. The van der Waals surface area contributed by atoms with E-state index in [0.29, 0.717) is 6.29 Å². The monoisotopic (exact) mass is 112 g/mol. The number of aliphatic imine (C=N–C) groups is 2. The number of rotatable bonds is 1. The fourth-order valence-corrected chi connectivity index (χ4v) is 0.363. The Morgan fingerprint density at radius 3 is 2.75 bits per heavy atom. The van der Waals surface area contributed by atoms with E-state index in [0.717, 1.165) is 12.6 Å². The van der Waals surface area contributed by atoms with E-state index in [1.54, 1.807) is 0 Å². The van der Waals surface area contributed by atoms with E-state index in [-0.39, 0.29) is 0 Å². The lowest BCUT2D eigenvalue weighted by molar-refractivity contribution is -0.117. The van der Waals surface area contributed by atoms with Crippen LogP contribution in [0, 0.1) is 0 Å². The second kappa shape index (κ2) is 1.48. The molecule has 42 valence electrons. The second-order valence-electron chi connectivity index (χ2n) is 1.42. The minimum atomic E-state index is -1.67. The van der Waals surface area contributed by atoms with E-state index < -0.39 is 5.72 Å². The molecule has 1 rings (SSSR count). The van der Waals surface area contributed by atoms with Crippen molar-refractivity contribution < 1.29 is 9.90 Å². The maximum absolute atomic E-state index is 9.87. The van der Waals surface area contributed by atoms with Gasteiger partial charge in [-0.3, -0.25) is 4.79 Å². The average molecular weight is 112 g/mol. The summed E-state index contributed by atoms with van der Waals surface area (Å²) in [5.41, 5.74) is -1.67. The van der Waals surface area contributed by atoms with Gasteiger partial charge in [0.05, 0.1) is 6.21 Å². The van der Waals surface area contributed by atoms with Crippen LogP contribution in [-0.2, 0) is 4.79 Å². The molecule has 0 spiro atoms. The molecule has 0 saturated carbocycles. The zero-order valence-electron chi connectivity index (χ0n) is 3.98. The molecule has 8 heavy (non-hydrogen) atoms. The highest BCUT2D eigenvalue weighted by atomic mass is 16.3. The van der Waals surface area contributed by atoms with Crippen LogP contribution in [0.3, 0.4) is 0 Å². The normalized spacial score (nSPS) is 33.6. The van der Waals surface area contributed by atoms with Crippen molar-refractivity contribution in [3.63, 3.8) is 0 Å². The summed E-state index contributed by atoms with van der Waals surface area (Å²) in [4.78, 5) is 16.6. The third kappa shape index (κ3) is 0.651. The highest BCUT2D eigenvalue weighted by molar-refractivity contribution is 5.97. The van der Waals surface area contributed by atoms with Gasteiger partial charge in [-0.1, -0.05) is 0 Å². The molecule has 0 radical (unpaired) electrons. The molecule has 0 saturated heterocycles. The lowest BCUT2D eigenvalue weighted by Crippen LogP contribution is -2.26.